The fourth-order valence-corrected chi connectivity index (χ4v) is 4.29. The van der Waals surface area contributed by atoms with Crippen LogP contribution in [0.4, 0.5) is 0 Å². The van der Waals surface area contributed by atoms with Gasteiger partial charge in [0.05, 0.1) is 6.54 Å². The van der Waals surface area contributed by atoms with Crippen LogP contribution in [0.1, 0.15) is 44.6 Å². The Balaban J connectivity index is 2.14. The first kappa shape index (κ1) is 15.5. The van der Waals surface area contributed by atoms with E-state index in [1.807, 2.05) is 6.92 Å². The van der Waals surface area contributed by atoms with Gasteiger partial charge in [0.2, 0.25) is 10.0 Å². The van der Waals surface area contributed by atoms with E-state index in [1.165, 1.54) is 0 Å². The molecule has 5 nitrogen and oxygen atoms in total. The molecule has 114 valence electrons. The summed E-state index contributed by atoms with van der Waals surface area (Å²) in [6, 6.07) is 1.67. The van der Waals surface area contributed by atoms with Gasteiger partial charge in [0.1, 0.15) is 16.4 Å². The van der Waals surface area contributed by atoms with Crippen molar-refractivity contribution in [3.63, 3.8) is 0 Å². The van der Waals surface area contributed by atoms with E-state index in [0.717, 1.165) is 25.8 Å². The third kappa shape index (κ3) is 3.42. The number of aryl methyl sites for hydroxylation is 1. The van der Waals surface area contributed by atoms with Crippen LogP contribution in [-0.4, -0.2) is 21.0 Å². The van der Waals surface area contributed by atoms with Gasteiger partial charge >= 0.3 is 0 Å². The Bertz CT molecular complexity index is 551. The van der Waals surface area contributed by atoms with Crippen molar-refractivity contribution < 1.29 is 12.8 Å². The number of nitrogens with one attached hydrogen (secondary N) is 2. The highest BCUT2D eigenvalue weighted by molar-refractivity contribution is 7.89. The van der Waals surface area contributed by atoms with Gasteiger partial charge < -0.3 is 9.73 Å². The van der Waals surface area contributed by atoms with E-state index in [0.29, 0.717) is 24.0 Å². The molecule has 0 aromatic carbocycles. The maximum atomic E-state index is 12.5. The summed E-state index contributed by atoms with van der Waals surface area (Å²) in [5.41, 5.74) is 0. The van der Waals surface area contributed by atoms with Gasteiger partial charge in [-0.2, -0.15) is 0 Å². The van der Waals surface area contributed by atoms with Gasteiger partial charge in [-0.1, -0.05) is 20.3 Å². The van der Waals surface area contributed by atoms with Crippen molar-refractivity contribution >= 4 is 10.0 Å². The maximum Gasteiger partial charge on any atom is 0.244 e. The minimum Gasteiger partial charge on any atom is -0.464 e. The average molecular weight is 300 g/mol. The molecule has 1 heterocycles. The van der Waals surface area contributed by atoms with E-state index in [-0.39, 0.29) is 10.9 Å². The molecule has 0 radical (unpaired) electrons. The summed E-state index contributed by atoms with van der Waals surface area (Å²) in [7, 11) is -3.48. The third-order valence-electron chi connectivity index (χ3n) is 3.93. The fourth-order valence-electron chi connectivity index (χ4n) is 2.71. The predicted octanol–water partition coefficient (Wildman–Crippen LogP) is 2.16. The molecule has 1 aromatic rings. The van der Waals surface area contributed by atoms with Gasteiger partial charge in [0.25, 0.3) is 0 Å². The quantitative estimate of drug-likeness (QED) is 0.844. The molecule has 1 aliphatic rings. The van der Waals surface area contributed by atoms with Crippen LogP contribution in [0.15, 0.2) is 15.4 Å². The topological polar surface area (TPSA) is 71.3 Å². The molecule has 6 heteroatoms. The maximum absolute atomic E-state index is 12.5. The molecular formula is C14H24N2O3S. The van der Waals surface area contributed by atoms with Gasteiger partial charge in [-0.15, -0.1) is 0 Å². The van der Waals surface area contributed by atoms with Gasteiger partial charge in [0.15, 0.2) is 0 Å². The van der Waals surface area contributed by atoms with Crippen LogP contribution in [0.2, 0.25) is 0 Å². The summed E-state index contributed by atoms with van der Waals surface area (Å²) in [6.45, 7) is 7.16. The van der Waals surface area contributed by atoms with Crippen molar-refractivity contribution in [3.05, 3.63) is 17.6 Å². The molecule has 2 atom stereocenters. The monoisotopic (exact) mass is 300 g/mol. The Morgan fingerprint density at radius 2 is 2.15 bits per heavy atom. The van der Waals surface area contributed by atoms with Crippen LogP contribution in [0.25, 0.3) is 0 Å². The molecule has 1 aliphatic carbocycles. The molecule has 0 bridgehead atoms. The average Bonchev–Trinajstić information content (AvgIpc) is 2.94. The highest BCUT2D eigenvalue weighted by atomic mass is 32.2. The van der Waals surface area contributed by atoms with Crippen molar-refractivity contribution in [2.45, 2.75) is 57.5 Å². The normalized spacial score (nSPS) is 23.4. The third-order valence-corrected chi connectivity index (χ3v) is 5.53. The highest BCUT2D eigenvalue weighted by Gasteiger charge is 2.30. The zero-order chi connectivity index (χ0) is 14.8. The van der Waals surface area contributed by atoms with Crippen molar-refractivity contribution in [2.24, 2.45) is 5.92 Å². The van der Waals surface area contributed by atoms with E-state index < -0.39 is 10.0 Å². The second-order valence-electron chi connectivity index (χ2n) is 5.55. The lowest BCUT2D eigenvalue weighted by atomic mass is 10.1. The molecule has 1 saturated carbocycles. The summed E-state index contributed by atoms with van der Waals surface area (Å²) < 4.78 is 33.2. The molecule has 2 rings (SSSR count). The molecule has 2 unspecified atom stereocenters. The molecule has 0 aliphatic heterocycles. The molecular weight excluding hydrogens is 276 g/mol. The van der Waals surface area contributed by atoms with Gasteiger partial charge in [0, 0.05) is 12.1 Å². The zero-order valence-electron chi connectivity index (χ0n) is 12.4. The summed E-state index contributed by atoms with van der Waals surface area (Å²) in [5, 5.41) is 3.13. The van der Waals surface area contributed by atoms with Gasteiger partial charge in [-0.3, -0.25) is 0 Å². The predicted molar refractivity (Wildman–Crippen MR) is 78.0 cm³/mol. The van der Waals surface area contributed by atoms with Crippen molar-refractivity contribution in [3.8, 4) is 0 Å². The lowest BCUT2D eigenvalue weighted by molar-refractivity contribution is 0.457. The van der Waals surface area contributed by atoms with Crippen LogP contribution in [0.3, 0.4) is 0 Å². The van der Waals surface area contributed by atoms with E-state index in [4.69, 9.17) is 4.42 Å². The van der Waals surface area contributed by atoms with E-state index in [2.05, 4.69) is 17.0 Å². The number of rotatable bonds is 6. The van der Waals surface area contributed by atoms with Crippen LogP contribution in [0, 0.1) is 12.8 Å². The first-order chi connectivity index (χ1) is 9.44. The summed E-state index contributed by atoms with van der Waals surface area (Å²) >= 11 is 0. The van der Waals surface area contributed by atoms with Gasteiger partial charge in [-0.05, 0) is 32.2 Å². The summed E-state index contributed by atoms with van der Waals surface area (Å²) in [6.07, 6.45) is 3.09. The Kier molecular flexibility index (Phi) is 4.88. The number of hydrogen-bond acceptors (Lipinski definition) is 4. The molecule has 1 fully saturated rings. The van der Waals surface area contributed by atoms with Crippen LogP contribution >= 0.6 is 0 Å². The first-order valence-corrected chi connectivity index (χ1v) is 8.74. The summed E-state index contributed by atoms with van der Waals surface area (Å²) in [5.74, 6) is 1.51. The van der Waals surface area contributed by atoms with E-state index in [9.17, 15) is 8.42 Å². The lowest BCUT2D eigenvalue weighted by Gasteiger charge is -2.16. The Labute approximate surface area is 121 Å². The molecule has 1 aromatic heterocycles. The lowest BCUT2D eigenvalue weighted by Crippen LogP contribution is -2.36. The SMILES string of the molecule is CCNCc1cc(S(=O)(=O)NC2CCCC2C)c(C)o1. The Hall–Kier alpha value is -0.850. The minimum absolute atomic E-state index is 0.0477. The standard InChI is InChI=1S/C14H24N2O3S/c1-4-15-9-12-8-14(11(3)19-12)20(17,18)16-13-7-5-6-10(13)2/h8,10,13,15-16H,4-7,9H2,1-3H3. The van der Waals surface area contributed by atoms with Crippen LogP contribution < -0.4 is 10.0 Å². The molecule has 0 amide bonds. The van der Waals surface area contributed by atoms with Crippen molar-refractivity contribution in [1.82, 2.24) is 10.0 Å². The molecule has 0 spiro atoms. The van der Waals surface area contributed by atoms with Gasteiger partial charge in [-0.25, -0.2) is 13.1 Å². The Morgan fingerprint density at radius 3 is 2.75 bits per heavy atom. The molecule has 20 heavy (non-hydrogen) atoms. The number of furan rings is 1. The fraction of sp³-hybridized carbons (Fsp3) is 0.714. The smallest absolute Gasteiger partial charge is 0.244 e. The zero-order valence-corrected chi connectivity index (χ0v) is 13.2. The largest absolute Gasteiger partial charge is 0.464 e. The first-order valence-electron chi connectivity index (χ1n) is 7.26. The van der Waals surface area contributed by atoms with Crippen LogP contribution in [-0.2, 0) is 16.6 Å². The summed E-state index contributed by atoms with van der Waals surface area (Å²) in [4.78, 5) is 0.268. The highest BCUT2D eigenvalue weighted by Crippen LogP contribution is 2.27. The number of hydrogen-bond donors (Lipinski definition) is 2. The van der Waals surface area contributed by atoms with Crippen molar-refractivity contribution in [2.75, 3.05) is 6.54 Å². The van der Waals surface area contributed by atoms with Crippen LogP contribution in [0.5, 0.6) is 0 Å². The van der Waals surface area contributed by atoms with E-state index in [1.54, 1.807) is 13.0 Å². The van der Waals surface area contributed by atoms with E-state index >= 15 is 0 Å². The molecule has 2 N–H and O–H groups in total. The molecule has 0 saturated heterocycles. The van der Waals surface area contributed by atoms with Crippen molar-refractivity contribution in [1.29, 1.82) is 0 Å². The Morgan fingerprint density at radius 1 is 1.40 bits per heavy atom. The second kappa shape index (κ2) is 6.28. The minimum atomic E-state index is -3.48. The second-order valence-corrected chi connectivity index (χ2v) is 7.23. The number of sulfonamides is 1.